The number of Topliss-reactive ketones (excluding diaryl/α,β-unsaturated/α-hetero) is 1. The maximum atomic E-state index is 12.5. The number of carbonyl (C=O) groups is 1. The molecule has 2 unspecified atom stereocenters. The molecule has 0 amide bonds. The van der Waals surface area contributed by atoms with E-state index in [1.807, 2.05) is 6.07 Å². The van der Waals surface area contributed by atoms with Gasteiger partial charge in [-0.05, 0) is 12.1 Å². The second kappa shape index (κ2) is 4.93. The summed E-state index contributed by atoms with van der Waals surface area (Å²) in [4.78, 5) is 24.8. The Kier molecular flexibility index (Phi) is 2.91. The number of para-hydroxylation sites is 1. The fraction of sp³-hybridized carbons (Fsp3) is 0.111. The molecule has 2 atom stereocenters. The van der Waals surface area contributed by atoms with Crippen molar-refractivity contribution in [1.82, 2.24) is 0 Å². The molecule has 3 aromatic rings. The molecule has 0 aliphatic carbocycles. The first-order valence-electron chi connectivity index (χ1n) is 7.01. The lowest BCUT2D eigenvalue weighted by molar-refractivity contribution is 0.0953. The number of hydrogen-bond donors (Lipinski definition) is 0. The first-order valence-corrected chi connectivity index (χ1v) is 7.01. The van der Waals surface area contributed by atoms with E-state index < -0.39 is 12.2 Å². The molecule has 4 rings (SSSR count). The number of ketones is 1. The van der Waals surface area contributed by atoms with Gasteiger partial charge < -0.3 is 9.15 Å². The Hall–Kier alpha value is -2.72. The number of carbonyl (C=O) groups excluding carboxylic acids is 1. The fourth-order valence-corrected chi connectivity index (χ4v) is 2.60. The van der Waals surface area contributed by atoms with Crippen molar-refractivity contribution in [3.8, 4) is 0 Å². The van der Waals surface area contributed by atoms with Crippen LogP contribution < -0.4 is 5.43 Å². The molecule has 0 bridgehead atoms. The van der Waals surface area contributed by atoms with Gasteiger partial charge in [0.2, 0.25) is 0 Å². The molecule has 4 nitrogen and oxygen atoms in total. The molecule has 2 heterocycles. The molecule has 1 aliphatic heterocycles. The summed E-state index contributed by atoms with van der Waals surface area (Å²) >= 11 is 0. The third-order valence-corrected chi connectivity index (χ3v) is 3.82. The SMILES string of the molecule is O=C(c1ccccc1)C1OC1c1coc2ccccc2c1=O. The van der Waals surface area contributed by atoms with Crippen LogP contribution in [-0.4, -0.2) is 11.9 Å². The molecule has 1 fully saturated rings. The van der Waals surface area contributed by atoms with Crippen LogP contribution in [0.5, 0.6) is 0 Å². The minimum Gasteiger partial charge on any atom is -0.464 e. The first kappa shape index (κ1) is 13.0. The van der Waals surface area contributed by atoms with Gasteiger partial charge in [0.05, 0.1) is 10.9 Å². The smallest absolute Gasteiger partial charge is 0.198 e. The van der Waals surface area contributed by atoms with E-state index in [0.717, 1.165) is 0 Å². The van der Waals surface area contributed by atoms with Crippen molar-refractivity contribution in [1.29, 1.82) is 0 Å². The van der Waals surface area contributed by atoms with E-state index in [0.29, 0.717) is 22.1 Å². The summed E-state index contributed by atoms with van der Waals surface area (Å²) in [6.45, 7) is 0. The average molecular weight is 292 g/mol. The van der Waals surface area contributed by atoms with Gasteiger partial charge >= 0.3 is 0 Å². The monoisotopic (exact) mass is 292 g/mol. The highest BCUT2D eigenvalue weighted by Crippen LogP contribution is 2.39. The van der Waals surface area contributed by atoms with Crippen LogP contribution in [0.4, 0.5) is 0 Å². The molecule has 0 spiro atoms. The quantitative estimate of drug-likeness (QED) is 0.549. The Morgan fingerprint density at radius 3 is 2.50 bits per heavy atom. The highest BCUT2D eigenvalue weighted by atomic mass is 16.6. The number of epoxide rings is 1. The van der Waals surface area contributed by atoms with Gasteiger partial charge in [-0.25, -0.2) is 0 Å². The van der Waals surface area contributed by atoms with Gasteiger partial charge in [-0.15, -0.1) is 0 Å². The standard InChI is InChI=1S/C18H12O4/c19-15(11-6-2-1-3-7-11)18-17(22-18)13-10-21-14-9-5-4-8-12(14)16(13)20/h1-10,17-18H. The average Bonchev–Trinajstić information content (AvgIpc) is 3.36. The summed E-state index contributed by atoms with van der Waals surface area (Å²) in [5.41, 5.74) is 1.37. The van der Waals surface area contributed by atoms with E-state index in [9.17, 15) is 9.59 Å². The van der Waals surface area contributed by atoms with Gasteiger partial charge in [0, 0.05) is 5.56 Å². The van der Waals surface area contributed by atoms with Gasteiger partial charge in [-0.3, -0.25) is 9.59 Å². The molecule has 0 N–H and O–H groups in total. The minimum absolute atomic E-state index is 0.113. The Morgan fingerprint density at radius 1 is 0.955 bits per heavy atom. The lowest BCUT2D eigenvalue weighted by Gasteiger charge is -1.99. The predicted octanol–water partition coefficient (Wildman–Crippen LogP) is 3.12. The van der Waals surface area contributed by atoms with E-state index in [2.05, 4.69) is 0 Å². The summed E-state index contributed by atoms with van der Waals surface area (Å²) in [7, 11) is 0. The number of fused-ring (bicyclic) bond motifs is 1. The van der Waals surface area contributed by atoms with Crippen LogP contribution in [0.25, 0.3) is 11.0 Å². The van der Waals surface area contributed by atoms with Crippen LogP contribution in [0.15, 0.2) is 70.1 Å². The van der Waals surface area contributed by atoms with Crippen molar-refractivity contribution < 1.29 is 13.9 Å². The molecule has 1 aromatic heterocycles. The van der Waals surface area contributed by atoms with Crippen molar-refractivity contribution in [2.24, 2.45) is 0 Å². The number of ether oxygens (including phenoxy) is 1. The molecule has 0 radical (unpaired) electrons. The summed E-state index contributed by atoms with van der Waals surface area (Å²) in [6.07, 6.45) is 0.271. The first-order chi connectivity index (χ1) is 10.8. The third-order valence-electron chi connectivity index (χ3n) is 3.82. The summed E-state index contributed by atoms with van der Waals surface area (Å²) in [5, 5.41) is 0.501. The Labute approximate surface area is 126 Å². The zero-order valence-electron chi connectivity index (χ0n) is 11.6. The molecular formula is C18H12O4. The van der Waals surface area contributed by atoms with Crippen LogP contribution in [0.2, 0.25) is 0 Å². The molecular weight excluding hydrogens is 280 g/mol. The second-order valence-electron chi connectivity index (χ2n) is 5.22. The van der Waals surface area contributed by atoms with Crippen molar-refractivity contribution in [2.75, 3.05) is 0 Å². The molecule has 2 aromatic carbocycles. The highest BCUT2D eigenvalue weighted by molar-refractivity contribution is 6.01. The molecule has 22 heavy (non-hydrogen) atoms. The normalized spacial score (nSPS) is 20.0. The van der Waals surface area contributed by atoms with Gasteiger partial charge in [0.1, 0.15) is 18.0 Å². The third kappa shape index (κ3) is 2.05. The largest absolute Gasteiger partial charge is 0.464 e. The summed E-state index contributed by atoms with van der Waals surface area (Å²) < 4.78 is 10.9. The lowest BCUT2D eigenvalue weighted by atomic mass is 10.0. The molecule has 4 heteroatoms. The topological polar surface area (TPSA) is 59.8 Å². The predicted molar refractivity (Wildman–Crippen MR) is 80.9 cm³/mol. The summed E-state index contributed by atoms with van der Waals surface area (Å²) in [6, 6.07) is 16.0. The molecule has 1 saturated heterocycles. The Morgan fingerprint density at radius 2 is 1.68 bits per heavy atom. The number of rotatable bonds is 3. The molecule has 1 aliphatic rings. The van der Waals surface area contributed by atoms with Crippen molar-refractivity contribution in [3.63, 3.8) is 0 Å². The van der Waals surface area contributed by atoms with Crippen molar-refractivity contribution in [2.45, 2.75) is 12.2 Å². The fourth-order valence-electron chi connectivity index (χ4n) is 2.60. The zero-order valence-corrected chi connectivity index (χ0v) is 11.6. The van der Waals surface area contributed by atoms with Crippen LogP contribution in [0, 0.1) is 0 Å². The van der Waals surface area contributed by atoms with Crippen LogP contribution in [0.1, 0.15) is 22.0 Å². The maximum Gasteiger partial charge on any atom is 0.198 e. The Bertz CT molecular complexity index is 911. The zero-order chi connectivity index (χ0) is 15.1. The van der Waals surface area contributed by atoms with E-state index in [-0.39, 0.29) is 11.2 Å². The highest BCUT2D eigenvalue weighted by Gasteiger charge is 2.47. The second-order valence-corrected chi connectivity index (χ2v) is 5.22. The van der Waals surface area contributed by atoms with E-state index in [4.69, 9.17) is 9.15 Å². The van der Waals surface area contributed by atoms with E-state index in [1.165, 1.54) is 6.26 Å². The Balaban J connectivity index is 1.67. The van der Waals surface area contributed by atoms with Crippen LogP contribution in [0.3, 0.4) is 0 Å². The van der Waals surface area contributed by atoms with Crippen LogP contribution >= 0.6 is 0 Å². The lowest BCUT2D eigenvalue weighted by Crippen LogP contribution is -2.12. The van der Waals surface area contributed by atoms with Gasteiger partial charge in [-0.2, -0.15) is 0 Å². The van der Waals surface area contributed by atoms with Crippen molar-refractivity contribution in [3.05, 3.63) is 82.2 Å². The van der Waals surface area contributed by atoms with Gasteiger partial charge in [0.25, 0.3) is 0 Å². The number of benzene rings is 2. The van der Waals surface area contributed by atoms with E-state index in [1.54, 1.807) is 48.5 Å². The van der Waals surface area contributed by atoms with Gasteiger partial charge in [0.15, 0.2) is 17.3 Å². The number of hydrogen-bond acceptors (Lipinski definition) is 4. The van der Waals surface area contributed by atoms with Crippen LogP contribution in [-0.2, 0) is 4.74 Å². The maximum absolute atomic E-state index is 12.5. The molecule has 108 valence electrons. The summed E-state index contributed by atoms with van der Waals surface area (Å²) in [5.74, 6) is -0.113. The molecule has 0 saturated carbocycles. The minimum atomic E-state index is -0.605. The van der Waals surface area contributed by atoms with Gasteiger partial charge in [-0.1, -0.05) is 42.5 Å². The van der Waals surface area contributed by atoms with E-state index >= 15 is 0 Å². The van der Waals surface area contributed by atoms with Crippen molar-refractivity contribution >= 4 is 16.8 Å².